The molecule has 2 atom stereocenters. The number of halogens is 1. The van der Waals surface area contributed by atoms with Crippen molar-refractivity contribution in [2.75, 3.05) is 26.1 Å². The van der Waals surface area contributed by atoms with Gasteiger partial charge in [-0.1, -0.05) is 29.8 Å². The smallest absolute Gasteiger partial charge is 0.319 e. The highest BCUT2D eigenvalue weighted by Gasteiger charge is 2.33. The molecule has 4 rings (SSSR count). The van der Waals surface area contributed by atoms with Gasteiger partial charge in [-0.3, -0.25) is 4.90 Å². The molecule has 0 spiro atoms. The van der Waals surface area contributed by atoms with E-state index in [9.17, 15) is 9.18 Å². The first-order valence-corrected chi connectivity index (χ1v) is 11.8. The first kappa shape index (κ1) is 24.5. The lowest BCUT2D eigenvalue weighted by molar-refractivity contribution is 0.144. The minimum absolute atomic E-state index is 0.118. The third-order valence-electron chi connectivity index (χ3n) is 6.47. The summed E-state index contributed by atoms with van der Waals surface area (Å²) in [6.45, 7) is 5.43. The molecule has 0 saturated carbocycles. The zero-order valence-corrected chi connectivity index (χ0v) is 20.6. The lowest BCUT2D eigenvalue weighted by Gasteiger charge is -2.41. The van der Waals surface area contributed by atoms with Gasteiger partial charge in [-0.25, -0.2) is 9.18 Å². The number of amides is 2. The van der Waals surface area contributed by atoms with E-state index in [0.717, 1.165) is 40.9 Å². The summed E-state index contributed by atoms with van der Waals surface area (Å²) in [5.41, 5.74) is 5.12. The highest BCUT2D eigenvalue weighted by Crippen LogP contribution is 2.40. The van der Waals surface area contributed by atoms with Gasteiger partial charge in [0.25, 0.3) is 0 Å². The second-order valence-electron chi connectivity index (χ2n) is 8.95. The van der Waals surface area contributed by atoms with Gasteiger partial charge in [0.05, 0.1) is 20.3 Å². The molecule has 7 heteroatoms. The summed E-state index contributed by atoms with van der Waals surface area (Å²) in [5, 5.41) is 6.04. The summed E-state index contributed by atoms with van der Waals surface area (Å²) in [7, 11) is 3.25. The Kier molecular flexibility index (Phi) is 7.56. The molecule has 2 amide bonds. The van der Waals surface area contributed by atoms with Crippen LogP contribution in [0.5, 0.6) is 11.5 Å². The quantitative estimate of drug-likeness (QED) is 0.474. The number of carbonyl (C=O) groups excluding carboxylic acids is 1. The van der Waals surface area contributed by atoms with Gasteiger partial charge < -0.3 is 20.1 Å². The summed E-state index contributed by atoms with van der Waals surface area (Å²) in [4.78, 5) is 15.2. The van der Waals surface area contributed by atoms with E-state index in [4.69, 9.17) is 9.47 Å². The normalized spacial score (nSPS) is 16.2. The van der Waals surface area contributed by atoms with Crippen LogP contribution in [0.1, 0.15) is 35.2 Å². The molecule has 3 aromatic carbocycles. The molecule has 0 aliphatic carbocycles. The van der Waals surface area contributed by atoms with E-state index < -0.39 is 0 Å². The van der Waals surface area contributed by atoms with Crippen molar-refractivity contribution in [2.45, 2.75) is 38.9 Å². The van der Waals surface area contributed by atoms with Gasteiger partial charge in [0.1, 0.15) is 5.82 Å². The first-order valence-electron chi connectivity index (χ1n) is 11.8. The SMILES string of the molecule is COc1cc2c(cc1OC)[C@@H]([C@@H](C)NC(=O)Nc1ccc(C)cc1)N(Cc1ccc(F)cc1)CC2. The Morgan fingerprint density at radius 3 is 2.37 bits per heavy atom. The van der Waals surface area contributed by atoms with Crippen LogP contribution in [0.15, 0.2) is 60.7 Å². The average Bonchev–Trinajstić information content (AvgIpc) is 2.85. The summed E-state index contributed by atoms with van der Waals surface area (Å²) in [5.74, 6) is 1.08. The predicted molar refractivity (Wildman–Crippen MR) is 136 cm³/mol. The van der Waals surface area contributed by atoms with Crippen molar-refractivity contribution < 1.29 is 18.7 Å². The van der Waals surface area contributed by atoms with Crippen molar-refractivity contribution in [1.82, 2.24) is 10.2 Å². The van der Waals surface area contributed by atoms with Crippen molar-refractivity contribution in [3.8, 4) is 11.5 Å². The Morgan fingerprint density at radius 1 is 1.06 bits per heavy atom. The second-order valence-corrected chi connectivity index (χ2v) is 8.95. The van der Waals surface area contributed by atoms with Crippen LogP contribution in [-0.2, 0) is 13.0 Å². The van der Waals surface area contributed by atoms with Crippen LogP contribution in [0.3, 0.4) is 0 Å². The molecule has 0 aromatic heterocycles. The molecule has 0 saturated heterocycles. The number of benzene rings is 3. The van der Waals surface area contributed by atoms with E-state index >= 15 is 0 Å². The molecule has 6 nitrogen and oxygen atoms in total. The Labute approximate surface area is 206 Å². The lowest BCUT2D eigenvalue weighted by atomic mass is 9.87. The average molecular weight is 478 g/mol. The minimum atomic E-state index is -0.268. The maximum atomic E-state index is 13.5. The fourth-order valence-electron chi connectivity index (χ4n) is 4.71. The molecule has 1 aliphatic heterocycles. The topological polar surface area (TPSA) is 62.8 Å². The molecule has 184 valence electrons. The van der Waals surface area contributed by atoms with Crippen LogP contribution < -0.4 is 20.1 Å². The van der Waals surface area contributed by atoms with Gasteiger partial charge in [0, 0.05) is 24.8 Å². The summed E-state index contributed by atoms with van der Waals surface area (Å²) in [6, 6.07) is 17.7. The molecule has 0 bridgehead atoms. The number of methoxy groups -OCH3 is 2. The standard InChI is InChI=1S/C28H32FN3O3/c1-18-5-11-23(12-6-18)31-28(33)30-19(2)27-24-16-26(35-4)25(34-3)15-21(24)13-14-32(27)17-20-7-9-22(29)10-8-20/h5-12,15-16,19,27H,13-14,17H2,1-4H3,(H2,30,31,33)/t19-,27-/m1/s1. The number of hydrogen-bond acceptors (Lipinski definition) is 4. The number of aryl methyl sites for hydroxylation is 1. The Morgan fingerprint density at radius 2 is 1.71 bits per heavy atom. The third kappa shape index (κ3) is 5.74. The first-order chi connectivity index (χ1) is 16.9. The Hall–Kier alpha value is -3.58. The number of anilines is 1. The maximum absolute atomic E-state index is 13.5. The highest BCUT2D eigenvalue weighted by atomic mass is 19.1. The Balaban J connectivity index is 1.61. The predicted octanol–water partition coefficient (Wildman–Crippen LogP) is 5.46. The summed E-state index contributed by atoms with van der Waals surface area (Å²) in [6.07, 6.45) is 0.829. The lowest BCUT2D eigenvalue weighted by Crippen LogP contribution is -2.48. The molecule has 0 unspecified atom stereocenters. The van der Waals surface area contributed by atoms with Gasteiger partial charge in [-0.15, -0.1) is 0 Å². The molecule has 1 aliphatic rings. The molecular weight excluding hydrogens is 445 g/mol. The second kappa shape index (κ2) is 10.8. The van der Waals surface area contributed by atoms with E-state index in [1.807, 2.05) is 50.2 Å². The van der Waals surface area contributed by atoms with E-state index in [-0.39, 0.29) is 23.9 Å². The Bertz CT molecular complexity index is 1170. The molecule has 3 aromatic rings. The largest absolute Gasteiger partial charge is 0.493 e. The highest BCUT2D eigenvalue weighted by molar-refractivity contribution is 5.89. The molecule has 0 fully saturated rings. The number of urea groups is 1. The summed E-state index contributed by atoms with van der Waals surface area (Å²) < 4.78 is 24.6. The van der Waals surface area contributed by atoms with E-state index in [1.165, 1.54) is 12.1 Å². The number of rotatable bonds is 7. The molecule has 1 heterocycles. The summed E-state index contributed by atoms with van der Waals surface area (Å²) >= 11 is 0. The van der Waals surface area contributed by atoms with Crippen molar-refractivity contribution in [3.63, 3.8) is 0 Å². The van der Waals surface area contributed by atoms with E-state index in [1.54, 1.807) is 26.4 Å². The fourth-order valence-corrected chi connectivity index (χ4v) is 4.71. The number of nitrogens with zero attached hydrogens (tertiary/aromatic N) is 1. The van der Waals surface area contributed by atoms with E-state index in [2.05, 4.69) is 15.5 Å². The zero-order chi connectivity index (χ0) is 24.9. The van der Waals surface area contributed by atoms with Crippen LogP contribution in [0.25, 0.3) is 0 Å². The fraction of sp³-hybridized carbons (Fsp3) is 0.321. The van der Waals surface area contributed by atoms with Crippen LogP contribution in [0, 0.1) is 12.7 Å². The van der Waals surface area contributed by atoms with Crippen molar-refractivity contribution in [2.24, 2.45) is 0 Å². The number of carbonyl (C=O) groups is 1. The molecular formula is C28H32FN3O3. The van der Waals surface area contributed by atoms with Gasteiger partial charge in [-0.2, -0.15) is 0 Å². The number of ether oxygens (including phenoxy) is 2. The van der Waals surface area contributed by atoms with E-state index in [0.29, 0.717) is 18.0 Å². The van der Waals surface area contributed by atoms with Gasteiger partial charge in [0.15, 0.2) is 11.5 Å². The maximum Gasteiger partial charge on any atom is 0.319 e. The number of nitrogens with one attached hydrogen (secondary N) is 2. The van der Waals surface area contributed by atoms with Crippen LogP contribution in [-0.4, -0.2) is 37.7 Å². The monoisotopic (exact) mass is 477 g/mol. The minimum Gasteiger partial charge on any atom is -0.493 e. The van der Waals surface area contributed by atoms with Crippen molar-refractivity contribution in [3.05, 3.63) is 88.7 Å². The molecule has 0 radical (unpaired) electrons. The van der Waals surface area contributed by atoms with Gasteiger partial charge in [0.2, 0.25) is 0 Å². The van der Waals surface area contributed by atoms with Crippen LogP contribution in [0.2, 0.25) is 0 Å². The molecule has 2 N–H and O–H groups in total. The third-order valence-corrected chi connectivity index (χ3v) is 6.47. The zero-order valence-electron chi connectivity index (χ0n) is 20.6. The van der Waals surface area contributed by atoms with Crippen molar-refractivity contribution in [1.29, 1.82) is 0 Å². The number of hydrogen-bond donors (Lipinski definition) is 2. The number of fused-ring (bicyclic) bond motifs is 1. The van der Waals surface area contributed by atoms with Crippen LogP contribution >= 0.6 is 0 Å². The van der Waals surface area contributed by atoms with Crippen LogP contribution in [0.4, 0.5) is 14.9 Å². The molecule has 35 heavy (non-hydrogen) atoms. The van der Waals surface area contributed by atoms with Crippen molar-refractivity contribution >= 4 is 11.7 Å². The van der Waals surface area contributed by atoms with Gasteiger partial charge >= 0.3 is 6.03 Å². The van der Waals surface area contributed by atoms with Gasteiger partial charge in [-0.05, 0) is 73.4 Å².